The highest BCUT2D eigenvalue weighted by molar-refractivity contribution is 5.82. The monoisotopic (exact) mass is 371 g/mol. The molecule has 0 saturated carbocycles. The number of nitrogens with one attached hydrogen (secondary N) is 1. The lowest BCUT2D eigenvalue weighted by Crippen LogP contribution is -2.45. The molecule has 0 saturated heterocycles. The summed E-state index contributed by atoms with van der Waals surface area (Å²) in [7, 11) is 0. The van der Waals surface area contributed by atoms with Crippen molar-refractivity contribution in [1.29, 1.82) is 0 Å². The van der Waals surface area contributed by atoms with Gasteiger partial charge >= 0.3 is 12.1 Å². The Labute approximate surface area is 159 Å². The zero-order valence-corrected chi connectivity index (χ0v) is 15.8. The normalized spacial score (nSPS) is 12.1. The van der Waals surface area contributed by atoms with Gasteiger partial charge < -0.3 is 19.9 Å². The van der Waals surface area contributed by atoms with Crippen LogP contribution in [0.1, 0.15) is 31.9 Å². The molecule has 27 heavy (non-hydrogen) atoms. The van der Waals surface area contributed by atoms with Gasteiger partial charge in [-0.2, -0.15) is 0 Å². The summed E-state index contributed by atoms with van der Waals surface area (Å²) < 4.78 is 10.6. The van der Waals surface area contributed by atoms with E-state index in [9.17, 15) is 14.7 Å². The van der Waals surface area contributed by atoms with Crippen LogP contribution in [0.2, 0.25) is 0 Å². The second kappa shape index (κ2) is 9.07. The van der Waals surface area contributed by atoms with Crippen molar-refractivity contribution >= 4 is 12.1 Å². The summed E-state index contributed by atoms with van der Waals surface area (Å²) in [4.78, 5) is 24.7. The highest BCUT2D eigenvalue weighted by Crippen LogP contribution is 2.14. The third kappa shape index (κ3) is 7.40. The number of hydrogen-bond acceptors (Lipinski definition) is 5. The number of aromatic hydroxyl groups is 1. The number of amides is 1. The molecule has 0 spiro atoms. The first-order valence-corrected chi connectivity index (χ1v) is 8.71. The van der Waals surface area contributed by atoms with Crippen LogP contribution in [0, 0.1) is 0 Å². The van der Waals surface area contributed by atoms with Crippen LogP contribution in [-0.2, 0) is 27.3 Å². The molecule has 6 nitrogen and oxygen atoms in total. The molecule has 0 aliphatic heterocycles. The second-order valence-corrected chi connectivity index (χ2v) is 7.16. The fraction of sp³-hybridized carbons (Fsp3) is 0.333. The molecule has 2 rings (SSSR count). The summed E-state index contributed by atoms with van der Waals surface area (Å²) in [6.07, 6.45) is -0.483. The zero-order valence-electron chi connectivity index (χ0n) is 15.8. The summed E-state index contributed by atoms with van der Waals surface area (Å²) in [6.45, 7) is 5.38. The van der Waals surface area contributed by atoms with E-state index in [1.807, 2.05) is 30.3 Å². The quantitative estimate of drug-likeness (QED) is 0.758. The van der Waals surface area contributed by atoms with E-state index in [4.69, 9.17) is 9.47 Å². The Hall–Kier alpha value is -3.02. The Morgan fingerprint density at radius 2 is 1.63 bits per heavy atom. The van der Waals surface area contributed by atoms with Crippen LogP contribution in [0.15, 0.2) is 54.6 Å². The minimum Gasteiger partial charge on any atom is -0.508 e. The fourth-order valence-electron chi connectivity index (χ4n) is 2.34. The summed E-state index contributed by atoms with van der Waals surface area (Å²) >= 11 is 0. The van der Waals surface area contributed by atoms with E-state index in [0.717, 1.165) is 11.1 Å². The van der Waals surface area contributed by atoms with Crippen molar-refractivity contribution in [2.75, 3.05) is 0 Å². The van der Waals surface area contributed by atoms with Crippen LogP contribution in [-0.4, -0.2) is 28.8 Å². The molecule has 2 aromatic rings. The molecule has 1 atom stereocenters. The molecule has 1 amide bonds. The van der Waals surface area contributed by atoms with Crippen LogP contribution in [0.5, 0.6) is 5.75 Å². The van der Waals surface area contributed by atoms with E-state index in [2.05, 4.69) is 5.32 Å². The van der Waals surface area contributed by atoms with E-state index in [1.54, 1.807) is 32.9 Å². The Balaban J connectivity index is 2.02. The highest BCUT2D eigenvalue weighted by Gasteiger charge is 2.27. The Morgan fingerprint density at radius 1 is 1.00 bits per heavy atom. The fourth-order valence-corrected chi connectivity index (χ4v) is 2.34. The number of carbonyl (C=O) groups excluding carboxylic acids is 2. The molecular weight excluding hydrogens is 346 g/mol. The van der Waals surface area contributed by atoms with Gasteiger partial charge in [0.1, 0.15) is 24.0 Å². The van der Waals surface area contributed by atoms with Gasteiger partial charge in [-0.1, -0.05) is 42.5 Å². The molecule has 0 bridgehead atoms. The highest BCUT2D eigenvalue weighted by atomic mass is 16.6. The summed E-state index contributed by atoms with van der Waals surface area (Å²) in [5, 5.41) is 12.0. The van der Waals surface area contributed by atoms with E-state index in [0.29, 0.717) is 0 Å². The number of esters is 1. The number of carbonyl (C=O) groups is 2. The lowest BCUT2D eigenvalue weighted by Gasteiger charge is -2.24. The predicted octanol–water partition coefficient (Wildman–Crippen LogP) is 3.57. The number of rotatable bonds is 6. The summed E-state index contributed by atoms with van der Waals surface area (Å²) in [5.74, 6) is -0.421. The van der Waals surface area contributed by atoms with Crippen LogP contribution >= 0.6 is 0 Å². The summed E-state index contributed by atoms with van der Waals surface area (Å²) in [5.41, 5.74) is 0.937. The molecule has 144 valence electrons. The van der Waals surface area contributed by atoms with E-state index >= 15 is 0 Å². The molecule has 6 heteroatoms. The number of phenols is 1. The van der Waals surface area contributed by atoms with Crippen molar-refractivity contribution in [3.05, 3.63) is 65.7 Å². The lowest BCUT2D eigenvalue weighted by molar-refractivity contribution is -0.157. The standard InChI is InChI=1S/C21H25NO5/c1-21(2,3)27-19(24)18(13-15-9-11-17(23)12-10-15)22-20(25)26-14-16-7-5-4-6-8-16/h4-12,18,23H,13-14H2,1-3H3,(H,22,25)/t18-/m0/s1. The van der Waals surface area contributed by atoms with Crippen molar-refractivity contribution < 1.29 is 24.2 Å². The van der Waals surface area contributed by atoms with Gasteiger partial charge in [0.2, 0.25) is 0 Å². The smallest absolute Gasteiger partial charge is 0.408 e. The minimum atomic E-state index is -0.906. The molecule has 2 aromatic carbocycles. The van der Waals surface area contributed by atoms with E-state index in [-0.39, 0.29) is 18.8 Å². The molecule has 0 aliphatic rings. The third-order valence-corrected chi connectivity index (χ3v) is 3.57. The first-order chi connectivity index (χ1) is 12.7. The largest absolute Gasteiger partial charge is 0.508 e. The topological polar surface area (TPSA) is 84.9 Å². The molecule has 0 heterocycles. The maximum Gasteiger partial charge on any atom is 0.408 e. The lowest BCUT2D eigenvalue weighted by atomic mass is 10.1. The van der Waals surface area contributed by atoms with Gasteiger partial charge in [0.05, 0.1) is 0 Å². The Kier molecular flexibility index (Phi) is 6.82. The van der Waals surface area contributed by atoms with Gasteiger partial charge in [0.25, 0.3) is 0 Å². The second-order valence-electron chi connectivity index (χ2n) is 7.16. The first kappa shape index (κ1) is 20.3. The van der Waals surface area contributed by atoms with E-state index in [1.165, 1.54) is 12.1 Å². The molecule has 2 N–H and O–H groups in total. The van der Waals surface area contributed by atoms with Gasteiger partial charge in [-0.05, 0) is 44.0 Å². The maximum absolute atomic E-state index is 12.5. The van der Waals surface area contributed by atoms with Crippen molar-refractivity contribution in [3.8, 4) is 5.75 Å². The number of ether oxygens (including phenoxy) is 2. The van der Waals surface area contributed by atoms with Crippen molar-refractivity contribution in [1.82, 2.24) is 5.32 Å². The van der Waals surface area contributed by atoms with Crippen LogP contribution in [0.25, 0.3) is 0 Å². The van der Waals surface area contributed by atoms with Gasteiger partial charge in [0.15, 0.2) is 0 Å². The zero-order chi connectivity index (χ0) is 19.9. The van der Waals surface area contributed by atoms with Crippen molar-refractivity contribution in [3.63, 3.8) is 0 Å². The molecular formula is C21H25NO5. The van der Waals surface area contributed by atoms with Gasteiger partial charge in [-0.3, -0.25) is 0 Å². The Morgan fingerprint density at radius 3 is 2.22 bits per heavy atom. The molecule has 0 radical (unpaired) electrons. The number of phenolic OH excluding ortho intramolecular Hbond substituents is 1. The van der Waals surface area contributed by atoms with Gasteiger partial charge in [0, 0.05) is 6.42 Å². The average molecular weight is 371 g/mol. The van der Waals surface area contributed by atoms with Crippen LogP contribution in [0.4, 0.5) is 4.79 Å². The van der Waals surface area contributed by atoms with E-state index < -0.39 is 23.7 Å². The van der Waals surface area contributed by atoms with Gasteiger partial charge in [-0.25, -0.2) is 9.59 Å². The molecule has 0 fully saturated rings. The average Bonchev–Trinajstić information content (AvgIpc) is 2.60. The number of benzene rings is 2. The number of hydrogen-bond donors (Lipinski definition) is 2. The maximum atomic E-state index is 12.5. The van der Waals surface area contributed by atoms with Gasteiger partial charge in [-0.15, -0.1) is 0 Å². The molecule has 0 aliphatic carbocycles. The van der Waals surface area contributed by atoms with Crippen LogP contribution in [0.3, 0.4) is 0 Å². The number of alkyl carbamates (subject to hydrolysis) is 1. The Bertz CT molecular complexity index is 750. The molecule has 0 unspecified atom stereocenters. The van der Waals surface area contributed by atoms with Crippen molar-refractivity contribution in [2.24, 2.45) is 0 Å². The van der Waals surface area contributed by atoms with Crippen molar-refractivity contribution in [2.45, 2.75) is 45.4 Å². The molecule has 0 aromatic heterocycles. The SMILES string of the molecule is CC(C)(C)OC(=O)[C@H](Cc1ccc(O)cc1)NC(=O)OCc1ccccc1. The third-order valence-electron chi connectivity index (χ3n) is 3.57. The predicted molar refractivity (Wildman–Crippen MR) is 101 cm³/mol. The van der Waals surface area contributed by atoms with Crippen LogP contribution < -0.4 is 5.32 Å². The minimum absolute atomic E-state index is 0.104. The first-order valence-electron chi connectivity index (χ1n) is 8.71. The summed E-state index contributed by atoms with van der Waals surface area (Å²) in [6, 6.07) is 14.8.